The van der Waals surface area contributed by atoms with E-state index in [2.05, 4.69) is 32.3 Å². The van der Waals surface area contributed by atoms with Crippen LogP contribution in [-0.4, -0.2) is 23.5 Å². The van der Waals surface area contributed by atoms with Crippen LogP contribution >= 0.6 is 15.9 Å². The Bertz CT molecular complexity index is 520. The number of hydrogen-bond donors (Lipinski definition) is 0. The highest BCUT2D eigenvalue weighted by atomic mass is 79.9. The van der Waals surface area contributed by atoms with Crippen LogP contribution in [0.15, 0.2) is 21.2 Å². The van der Waals surface area contributed by atoms with Gasteiger partial charge in [0.05, 0.1) is 6.10 Å². The first-order valence-electron chi connectivity index (χ1n) is 5.22. The Kier molecular flexibility index (Phi) is 2.44. The van der Waals surface area contributed by atoms with Crippen molar-refractivity contribution >= 4 is 27.0 Å². The summed E-state index contributed by atoms with van der Waals surface area (Å²) in [6.45, 7) is 0. The summed E-state index contributed by atoms with van der Waals surface area (Å²) in [6, 6.07) is 4.02. The Morgan fingerprint density at radius 3 is 2.94 bits per heavy atom. The summed E-state index contributed by atoms with van der Waals surface area (Å²) < 4.78 is 11.1. The monoisotopic (exact) mass is 282 g/mol. The van der Waals surface area contributed by atoms with Gasteiger partial charge in [0, 0.05) is 11.6 Å². The van der Waals surface area contributed by atoms with Crippen LogP contribution in [0.2, 0.25) is 0 Å². The summed E-state index contributed by atoms with van der Waals surface area (Å²) in [4.78, 5) is 0. The Balaban J connectivity index is 2.00. The summed E-state index contributed by atoms with van der Waals surface area (Å²) in [7, 11) is 1.76. The predicted molar refractivity (Wildman–Crippen MR) is 62.3 cm³/mol. The molecule has 0 amide bonds. The molecule has 0 radical (unpaired) electrons. The summed E-state index contributed by atoms with van der Waals surface area (Å²) in [5.74, 6) is 0.511. The predicted octanol–water partition coefficient (Wildman–Crippen LogP) is 2.88. The second-order valence-corrected chi connectivity index (χ2v) is 5.07. The van der Waals surface area contributed by atoms with E-state index in [1.807, 2.05) is 6.07 Å². The number of rotatable bonds is 2. The minimum atomic E-state index is 0.388. The number of methoxy groups -OCH3 is 1. The SMILES string of the molecule is COC1CC(c2cc(Br)cc3nonc23)C1. The summed E-state index contributed by atoms with van der Waals surface area (Å²) in [5, 5.41) is 7.84. The Morgan fingerprint density at radius 2 is 2.19 bits per heavy atom. The van der Waals surface area contributed by atoms with Crippen LogP contribution < -0.4 is 0 Å². The van der Waals surface area contributed by atoms with Crippen LogP contribution in [0.5, 0.6) is 0 Å². The average Bonchev–Trinajstić information content (AvgIpc) is 2.63. The number of fused-ring (bicyclic) bond motifs is 1. The fraction of sp³-hybridized carbons (Fsp3) is 0.455. The average molecular weight is 283 g/mol. The van der Waals surface area contributed by atoms with Gasteiger partial charge < -0.3 is 4.74 Å². The topological polar surface area (TPSA) is 48.2 Å². The minimum absolute atomic E-state index is 0.388. The van der Waals surface area contributed by atoms with Gasteiger partial charge in [0.25, 0.3) is 0 Å². The maximum absolute atomic E-state index is 5.29. The molecule has 0 spiro atoms. The van der Waals surface area contributed by atoms with E-state index in [0.717, 1.165) is 28.3 Å². The van der Waals surface area contributed by atoms with Crippen LogP contribution in [0.3, 0.4) is 0 Å². The van der Waals surface area contributed by atoms with Crippen LogP contribution in [0.4, 0.5) is 0 Å². The first-order valence-corrected chi connectivity index (χ1v) is 6.01. The number of aromatic nitrogens is 2. The first-order chi connectivity index (χ1) is 7.78. The fourth-order valence-electron chi connectivity index (χ4n) is 2.20. The second-order valence-electron chi connectivity index (χ2n) is 4.15. The first kappa shape index (κ1) is 10.2. The third-order valence-electron chi connectivity index (χ3n) is 3.22. The molecule has 0 atom stereocenters. The van der Waals surface area contributed by atoms with Gasteiger partial charge in [-0.2, -0.15) is 0 Å². The van der Waals surface area contributed by atoms with Crippen molar-refractivity contribution in [3.63, 3.8) is 0 Å². The molecule has 0 aliphatic heterocycles. The van der Waals surface area contributed by atoms with Crippen LogP contribution in [0.25, 0.3) is 11.0 Å². The molecule has 5 heteroatoms. The number of nitrogens with zero attached hydrogens (tertiary/aromatic N) is 2. The van der Waals surface area contributed by atoms with E-state index < -0.39 is 0 Å². The highest BCUT2D eigenvalue weighted by Gasteiger charge is 2.32. The number of ether oxygens (including phenoxy) is 1. The quantitative estimate of drug-likeness (QED) is 0.850. The van der Waals surface area contributed by atoms with E-state index in [1.54, 1.807) is 7.11 Å². The van der Waals surface area contributed by atoms with Gasteiger partial charge in [0.15, 0.2) is 0 Å². The Morgan fingerprint density at radius 1 is 1.38 bits per heavy atom. The van der Waals surface area contributed by atoms with Crippen molar-refractivity contribution in [3.05, 3.63) is 22.2 Å². The zero-order valence-corrected chi connectivity index (χ0v) is 10.4. The minimum Gasteiger partial charge on any atom is -0.381 e. The lowest BCUT2D eigenvalue weighted by molar-refractivity contribution is 0.0260. The van der Waals surface area contributed by atoms with E-state index in [1.165, 1.54) is 5.56 Å². The molecule has 1 aliphatic rings. The lowest BCUT2D eigenvalue weighted by Crippen LogP contribution is -2.28. The van der Waals surface area contributed by atoms with Gasteiger partial charge in [0.1, 0.15) is 11.0 Å². The van der Waals surface area contributed by atoms with Crippen molar-refractivity contribution in [1.82, 2.24) is 10.3 Å². The van der Waals surface area contributed by atoms with Crippen molar-refractivity contribution < 1.29 is 9.37 Å². The smallest absolute Gasteiger partial charge is 0.138 e. The molecule has 4 nitrogen and oxygen atoms in total. The van der Waals surface area contributed by atoms with Crippen molar-refractivity contribution in [2.45, 2.75) is 24.9 Å². The van der Waals surface area contributed by atoms with Crippen molar-refractivity contribution in [3.8, 4) is 0 Å². The highest BCUT2D eigenvalue weighted by molar-refractivity contribution is 9.10. The summed E-state index contributed by atoms with van der Waals surface area (Å²) in [6.07, 6.45) is 2.49. The van der Waals surface area contributed by atoms with Crippen LogP contribution in [0.1, 0.15) is 24.3 Å². The normalized spacial score (nSPS) is 24.6. The van der Waals surface area contributed by atoms with E-state index >= 15 is 0 Å². The third-order valence-corrected chi connectivity index (χ3v) is 3.68. The molecule has 1 aromatic carbocycles. The van der Waals surface area contributed by atoms with Crippen LogP contribution in [0, 0.1) is 0 Å². The number of hydrogen-bond acceptors (Lipinski definition) is 4. The molecule has 0 unspecified atom stereocenters. The van der Waals surface area contributed by atoms with E-state index in [0.29, 0.717) is 12.0 Å². The maximum atomic E-state index is 5.29. The molecule has 0 bridgehead atoms. The van der Waals surface area contributed by atoms with E-state index in [4.69, 9.17) is 9.37 Å². The zero-order valence-electron chi connectivity index (χ0n) is 8.81. The second kappa shape index (κ2) is 3.82. The van der Waals surface area contributed by atoms with Gasteiger partial charge in [-0.3, -0.25) is 0 Å². The van der Waals surface area contributed by atoms with Gasteiger partial charge in [-0.15, -0.1) is 0 Å². The van der Waals surface area contributed by atoms with Crippen molar-refractivity contribution in [2.24, 2.45) is 0 Å². The third kappa shape index (κ3) is 1.55. The molecule has 0 N–H and O–H groups in total. The van der Waals surface area contributed by atoms with Crippen LogP contribution in [-0.2, 0) is 4.74 Å². The van der Waals surface area contributed by atoms with Gasteiger partial charge in [-0.25, -0.2) is 4.63 Å². The Labute approximate surface area is 101 Å². The van der Waals surface area contributed by atoms with Crippen molar-refractivity contribution in [1.29, 1.82) is 0 Å². The number of benzene rings is 1. The van der Waals surface area contributed by atoms with E-state index in [9.17, 15) is 0 Å². The van der Waals surface area contributed by atoms with Gasteiger partial charge in [-0.1, -0.05) is 15.9 Å². The number of halogens is 1. The van der Waals surface area contributed by atoms with Crippen molar-refractivity contribution in [2.75, 3.05) is 7.11 Å². The summed E-state index contributed by atoms with van der Waals surface area (Å²) in [5.41, 5.74) is 2.90. The lowest BCUT2D eigenvalue weighted by Gasteiger charge is -2.34. The highest BCUT2D eigenvalue weighted by Crippen LogP contribution is 2.41. The molecular formula is C11H11BrN2O2. The molecule has 0 saturated heterocycles. The van der Waals surface area contributed by atoms with Gasteiger partial charge in [0.2, 0.25) is 0 Å². The Hall–Kier alpha value is -0.940. The molecule has 1 aromatic heterocycles. The standard InChI is InChI=1S/C11H11BrN2O2/c1-15-8-2-6(3-8)9-4-7(12)5-10-11(9)14-16-13-10/h4-6,8H,2-3H2,1H3. The lowest BCUT2D eigenvalue weighted by atomic mass is 9.77. The fourth-order valence-corrected chi connectivity index (χ4v) is 2.67. The molecule has 16 heavy (non-hydrogen) atoms. The largest absolute Gasteiger partial charge is 0.381 e. The van der Waals surface area contributed by atoms with E-state index in [-0.39, 0.29) is 0 Å². The molecule has 1 fully saturated rings. The molecule has 1 saturated carbocycles. The molecule has 84 valence electrons. The maximum Gasteiger partial charge on any atom is 0.138 e. The van der Waals surface area contributed by atoms with Gasteiger partial charge >= 0.3 is 0 Å². The molecule has 2 aromatic rings. The van der Waals surface area contributed by atoms with Gasteiger partial charge in [-0.05, 0) is 46.8 Å². The molecule has 3 rings (SSSR count). The summed E-state index contributed by atoms with van der Waals surface area (Å²) >= 11 is 3.48. The molecular weight excluding hydrogens is 272 g/mol. The molecule has 1 heterocycles. The molecule has 1 aliphatic carbocycles. The zero-order chi connectivity index (χ0) is 11.1.